The molecule has 2 N–H and O–H groups in total. The Morgan fingerprint density at radius 2 is 1.70 bits per heavy atom. The molecular weight excluding hydrogens is 389 g/mol. The summed E-state index contributed by atoms with van der Waals surface area (Å²) in [5.74, 6) is 0.819. The van der Waals surface area contributed by atoms with Crippen molar-refractivity contribution >= 4 is 42.2 Å². The molecule has 8 nitrogen and oxygen atoms in total. The van der Waals surface area contributed by atoms with Gasteiger partial charge in [0, 0.05) is 26.2 Å². The molecule has 0 saturated carbocycles. The summed E-state index contributed by atoms with van der Waals surface area (Å²) in [6, 6.07) is 12.7. The van der Waals surface area contributed by atoms with E-state index in [1.807, 2.05) is 47.4 Å². The van der Waals surface area contributed by atoms with E-state index in [1.54, 1.807) is 10.8 Å². The van der Waals surface area contributed by atoms with Crippen molar-refractivity contribution in [1.29, 1.82) is 0 Å². The molecule has 0 spiro atoms. The van der Waals surface area contributed by atoms with E-state index in [9.17, 15) is 4.79 Å². The van der Waals surface area contributed by atoms with Crippen LogP contribution in [0.15, 0.2) is 48.8 Å². The lowest BCUT2D eigenvalue weighted by molar-refractivity contribution is -0.133. The molecule has 3 aromatic rings. The molecular formula is C17H21Cl2N7O. The number of benzene rings is 1. The van der Waals surface area contributed by atoms with Gasteiger partial charge in [-0.2, -0.15) is 4.52 Å². The molecule has 1 fully saturated rings. The van der Waals surface area contributed by atoms with Crippen LogP contribution in [0, 0.1) is 0 Å². The number of hydrogen-bond donors (Lipinski definition) is 1. The number of nitrogens with zero attached hydrogens (tertiary/aromatic N) is 6. The van der Waals surface area contributed by atoms with Crippen molar-refractivity contribution in [3.63, 3.8) is 0 Å². The SMILES string of the molecule is Cl.Cl.NC(C(=O)N1CCN(c2ccc3nncn3n2)CC1)c1ccccc1. The number of amides is 1. The van der Waals surface area contributed by atoms with E-state index in [0.29, 0.717) is 31.8 Å². The average Bonchev–Trinajstić information content (AvgIpc) is 3.15. The van der Waals surface area contributed by atoms with Gasteiger partial charge < -0.3 is 15.5 Å². The summed E-state index contributed by atoms with van der Waals surface area (Å²) >= 11 is 0. The van der Waals surface area contributed by atoms with E-state index in [4.69, 9.17) is 5.73 Å². The van der Waals surface area contributed by atoms with E-state index >= 15 is 0 Å². The number of rotatable bonds is 3. The standard InChI is InChI=1S/C17H19N7O.2ClH/c18-16(13-4-2-1-3-5-13)17(25)23-10-8-22(9-11-23)15-7-6-14-20-19-12-24(14)21-15;;/h1-7,12,16H,8-11,18H2;2*1H. The zero-order valence-electron chi connectivity index (χ0n) is 14.5. The Labute approximate surface area is 169 Å². The van der Waals surface area contributed by atoms with Crippen molar-refractivity contribution in [2.75, 3.05) is 31.1 Å². The van der Waals surface area contributed by atoms with Crippen molar-refractivity contribution < 1.29 is 4.79 Å². The lowest BCUT2D eigenvalue weighted by Gasteiger charge is -2.36. The quantitative estimate of drug-likeness (QED) is 0.700. The fourth-order valence-corrected chi connectivity index (χ4v) is 3.04. The molecule has 0 radical (unpaired) electrons. The van der Waals surface area contributed by atoms with Crippen molar-refractivity contribution in [1.82, 2.24) is 24.7 Å². The minimum atomic E-state index is -0.612. The molecule has 1 atom stereocenters. The van der Waals surface area contributed by atoms with Crippen molar-refractivity contribution in [2.24, 2.45) is 5.73 Å². The van der Waals surface area contributed by atoms with Crippen LogP contribution in [0.3, 0.4) is 0 Å². The van der Waals surface area contributed by atoms with Gasteiger partial charge in [0.05, 0.1) is 0 Å². The molecule has 144 valence electrons. The summed E-state index contributed by atoms with van der Waals surface area (Å²) in [5, 5.41) is 12.3. The monoisotopic (exact) mass is 409 g/mol. The Morgan fingerprint density at radius 3 is 2.41 bits per heavy atom. The second kappa shape index (κ2) is 8.98. The highest BCUT2D eigenvalue weighted by Gasteiger charge is 2.26. The van der Waals surface area contributed by atoms with Gasteiger partial charge in [-0.1, -0.05) is 30.3 Å². The molecule has 0 aliphatic carbocycles. The van der Waals surface area contributed by atoms with E-state index in [2.05, 4.69) is 20.2 Å². The third-order valence-corrected chi connectivity index (χ3v) is 4.49. The van der Waals surface area contributed by atoms with Gasteiger partial charge in [0.2, 0.25) is 5.91 Å². The first-order valence-corrected chi connectivity index (χ1v) is 8.24. The second-order valence-electron chi connectivity index (χ2n) is 6.03. The van der Waals surface area contributed by atoms with Gasteiger partial charge in [-0.15, -0.1) is 40.1 Å². The topological polar surface area (TPSA) is 92.7 Å². The summed E-state index contributed by atoms with van der Waals surface area (Å²) in [5.41, 5.74) is 7.69. The zero-order valence-corrected chi connectivity index (χ0v) is 16.1. The van der Waals surface area contributed by atoms with E-state index in [1.165, 1.54) is 0 Å². The molecule has 1 aliphatic rings. The highest BCUT2D eigenvalue weighted by Crippen LogP contribution is 2.17. The van der Waals surface area contributed by atoms with Crippen LogP contribution in [0.4, 0.5) is 5.82 Å². The first-order valence-electron chi connectivity index (χ1n) is 8.24. The first kappa shape index (κ1) is 20.9. The second-order valence-corrected chi connectivity index (χ2v) is 6.03. The van der Waals surface area contributed by atoms with Crippen LogP contribution < -0.4 is 10.6 Å². The molecule has 27 heavy (non-hydrogen) atoms. The Morgan fingerprint density at radius 1 is 1.00 bits per heavy atom. The summed E-state index contributed by atoms with van der Waals surface area (Å²) in [4.78, 5) is 16.6. The Kier molecular flexibility index (Phi) is 6.95. The van der Waals surface area contributed by atoms with Gasteiger partial charge in [0.1, 0.15) is 18.2 Å². The summed E-state index contributed by atoms with van der Waals surface area (Å²) in [7, 11) is 0. The normalized spacial score (nSPS) is 15.0. The van der Waals surface area contributed by atoms with Crippen molar-refractivity contribution in [3.05, 3.63) is 54.4 Å². The van der Waals surface area contributed by atoms with Crippen LogP contribution in [0.2, 0.25) is 0 Å². The lowest BCUT2D eigenvalue weighted by atomic mass is 10.1. The van der Waals surface area contributed by atoms with Crippen molar-refractivity contribution in [3.8, 4) is 0 Å². The van der Waals surface area contributed by atoms with E-state index in [0.717, 1.165) is 11.4 Å². The smallest absolute Gasteiger partial charge is 0.244 e. The van der Waals surface area contributed by atoms with Gasteiger partial charge in [0.25, 0.3) is 0 Å². The number of hydrogen-bond acceptors (Lipinski definition) is 6. The molecule has 4 rings (SSSR count). The highest BCUT2D eigenvalue weighted by molar-refractivity contribution is 5.85. The van der Waals surface area contributed by atoms with Gasteiger partial charge in [0.15, 0.2) is 5.65 Å². The molecule has 1 amide bonds. The molecule has 1 aromatic carbocycles. The third kappa shape index (κ3) is 4.29. The number of carbonyl (C=O) groups excluding carboxylic acids is 1. The number of aromatic nitrogens is 4. The van der Waals surface area contributed by atoms with Crippen LogP contribution in [0.1, 0.15) is 11.6 Å². The maximum Gasteiger partial charge on any atom is 0.244 e. The number of fused-ring (bicyclic) bond motifs is 1. The maximum absolute atomic E-state index is 12.6. The number of halogens is 2. The van der Waals surface area contributed by atoms with Crippen LogP contribution in [-0.2, 0) is 4.79 Å². The average molecular weight is 410 g/mol. The number of piperazine rings is 1. The number of carbonyl (C=O) groups is 1. The Balaban J connectivity index is 0.00000131. The number of anilines is 1. The Bertz CT molecular complexity index is 881. The zero-order chi connectivity index (χ0) is 17.2. The number of nitrogens with two attached hydrogens (primary N) is 1. The van der Waals surface area contributed by atoms with Crippen LogP contribution in [0.5, 0.6) is 0 Å². The largest absolute Gasteiger partial charge is 0.352 e. The summed E-state index contributed by atoms with van der Waals surface area (Å²) in [6.45, 7) is 2.68. The molecule has 1 unspecified atom stereocenters. The molecule has 3 heterocycles. The Hall–Kier alpha value is -2.42. The van der Waals surface area contributed by atoms with E-state index < -0.39 is 6.04 Å². The van der Waals surface area contributed by atoms with Crippen molar-refractivity contribution in [2.45, 2.75) is 6.04 Å². The molecule has 1 aliphatic heterocycles. The maximum atomic E-state index is 12.6. The van der Waals surface area contributed by atoms with E-state index in [-0.39, 0.29) is 30.7 Å². The predicted molar refractivity (Wildman–Crippen MR) is 107 cm³/mol. The summed E-state index contributed by atoms with van der Waals surface area (Å²) < 4.78 is 1.65. The van der Waals surface area contributed by atoms with Crippen LogP contribution in [-0.4, -0.2) is 56.8 Å². The highest BCUT2D eigenvalue weighted by atomic mass is 35.5. The molecule has 2 aromatic heterocycles. The summed E-state index contributed by atoms with van der Waals surface area (Å²) in [6.07, 6.45) is 1.58. The van der Waals surface area contributed by atoms with Gasteiger partial charge in [-0.3, -0.25) is 4.79 Å². The van der Waals surface area contributed by atoms with Crippen LogP contribution >= 0.6 is 24.8 Å². The minimum absolute atomic E-state index is 0. The fourth-order valence-electron chi connectivity index (χ4n) is 3.04. The van der Waals surface area contributed by atoms with Gasteiger partial charge >= 0.3 is 0 Å². The van der Waals surface area contributed by atoms with Gasteiger partial charge in [-0.25, -0.2) is 0 Å². The predicted octanol–water partition coefficient (Wildman–Crippen LogP) is 1.32. The van der Waals surface area contributed by atoms with Crippen LogP contribution in [0.25, 0.3) is 5.65 Å². The first-order chi connectivity index (χ1) is 12.2. The lowest BCUT2D eigenvalue weighted by Crippen LogP contribution is -2.51. The third-order valence-electron chi connectivity index (χ3n) is 4.49. The minimum Gasteiger partial charge on any atom is -0.352 e. The van der Waals surface area contributed by atoms with Gasteiger partial charge in [-0.05, 0) is 17.7 Å². The molecule has 0 bridgehead atoms. The molecule has 1 saturated heterocycles. The molecule has 10 heteroatoms. The fraction of sp³-hybridized carbons (Fsp3) is 0.294.